The first-order valence-corrected chi connectivity index (χ1v) is 8.22. The van der Waals surface area contributed by atoms with Crippen LogP contribution in [0, 0.1) is 5.92 Å². The highest BCUT2D eigenvalue weighted by Crippen LogP contribution is 2.49. The van der Waals surface area contributed by atoms with Crippen LogP contribution in [0.2, 0.25) is 0 Å². The Bertz CT molecular complexity index is 510. The van der Waals surface area contributed by atoms with Gasteiger partial charge in [-0.3, -0.25) is 4.99 Å². The highest BCUT2D eigenvalue weighted by atomic mass is 127. The van der Waals surface area contributed by atoms with Gasteiger partial charge in [-0.2, -0.15) is 0 Å². The number of halogens is 2. The molecule has 2 N–H and O–H groups in total. The lowest BCUT2D eigenvalue weighted by molar-refractivity contribution is 0.638. The largest absolute Gasteiger partial charge is 0.356 e. The van der Waals surface area contributed by atoms with Crippen molar-refractivity contribution in [3.63, 3.8) is 0 Å². The number of guanidine groups is 1. The Hall–Kier alpha value is -0.300. The maximum atomic E-state index is 4.32. The summed E-state index contributed by atoms with van der Waals surface area (Å²) < 4.78 is 1.22. The lowest BCUT2D eigenvalue weighted by atomic mass is 9.96. The van der Waals surface area contributed by atoms with Crippen molar-refractivity contribution in [2.75, 3.05) is 20.1 Å². The van der Waals surface area contributed by atoms with Crippen molar-refractivity contribution < 1.29 is 0 Å². The molecule has 5 heteroatoms. The maximum absolute atomic E-state index is 4.32. The van der Waals surface area contributed by atoms with Gasteiger partial charge in [0, 0.05) is 30.0 Å². The third kappa shape index (κ3) is 4.34. The van der Waals surface area contributed by atoms with E-state index in [0.29, 0.717) is 0 Å². The molecule has 0 spiro atoms. The van der Waals surface area contributed by atoms with E-state index in [0.717, 1.165) is 25.0 Å². The van der Waals surface area contributed by atoms with Crippen LogP contribution in [0.4, 0.5) is 0 Å². The molecule has 0 amide bonds. The van der Waals surface area contributed by atoms with Crippen LogP contribution in [0.25, 0.3) is 0 Å². The Morgan fingerprint density at radius 3 is 2.57 bits per heavy atom. The Morgan fingerprint density at radius 2 is 2.00 bits per heavy atom. The van der Waals surface area contributed by atoms with Gasteiger partial charge in [0.1, 0.15) is 0 Å². The van der Waals surface area contributed by atoms with Gasteiger partial charge in [0.05, 0.1) is 0 Å². The molecule has 0 aliphatic heterocycles. The van der Waals surface area contributed by atoms with Crippen LogP contribution in [0.15, 0.2) is 33.7 Å². The smallest absolute Gasteiger partial charge is 0.191 e. The number of benzene rings is 1. The first-order chi connectivity index (χ1) is 9.73. The molecule has 1 aromatic rings. The zero-order chi connectivity index (χ0) is 14.0. The predicted molar refractivity (Wildman–Crippen MR) is 103 cm³/mol. The Balaban J connectivity index is 0.00000161. The van der Waals surface area contributed by atoms with E-state index >= 15 is 0 Å². The third-order valence-corrected chi connectivity index (χ3v) is 5.06. The molecule has 0 unspecified atom stereocenters. The first kappa shape index (κ1) is 17.1. The van der Waals surface area contributed by atoms with E-state index in [1.165, 1.54) is 35.7 Å². The summed E-state index contributed by atoms with van der Waals surface area (Å²) in [4.78, 5) is 4.32. The van der Waals surface area contributed by atoms with Gasteiger partial charge >= 0.3 is 0 Å². The molecular formula is C16H23BrIN3. The summed E-state index contributed by atoms with van der Waals surface area (Å²) in [5.74, 6) is 1.81. The minimum Gasteiger partial charge on any atom is -0.356 e. The third-order valence-electron chi connectivity index (χ3n) is 4.37. The average Bonchev–Trinajstić information content (AvgIpc) is 3.35. The van der Waals surface area contributed by atoms with Crippen molar-refractivity contribution >= 4 is 45.9 Å². The molecule has 2 saturated carbocycles. The molecule has 0 radical (unpaired) electrons. The minimum atomic E-state index is 0. The van der Waals surface area contributed by atoms with Crippen molar-refractivity contribution in [3.05, 3.63) is 34.3 Å². The normalized spacial score (nSPS) is 19.6. The molecule has 3 nitrogen and oxygen atoms in total. The second-order valence-corrected chi connectivity index (χ2v) is 6.86. The molecule has 2 aliphatic rings. The van der Waals surface area contributed by atoms with Crippen LogP contribution in [0.1, 0.15) is 31.2 Å². The molecule has 0 atom stereocenters. The van der Waals surface area contributed by atoms with Crippen molar-refractivity contribution in [3.8, 4) is 0 Å². The van der Waals surface area contributed by atoms with Crippen LogP contribution >= 0.6 is 39.9 Å². The van der Waals surface area contributed by atoms with Gasteiger partial charge in [0.15, 0.2) is 5.96 Å². The topological polar surface area (TPSA) is 36.4 Å². The van der Waals surface area contributed by atoms with E-state index in [1.54, 1.807) is 0 Å². The summed E-state index contributed by atoms with van der Waals surface area (Å²) in [5.41, 5.74) is 1.71. The van der Waals surface area contributed by atoms with Crippen molar-refractivity contribution in [1.82, 2.24) is 10.6 Å². The van der Waals surface area contributed by atoms with Gasteiger partial charge in [-0.05, 0) is 43.2 Å². The molecule has 3 rings (SSSR count). The van der Waals surface area contributed by atoms with Gasteiger partial charge in [0.25, 0.3) is 0 Å². The monoisotopic (exact) mass is 463 g/mol. The fraction of sp³-hybridized carbons (Fsp3) is 0.562. The number of rotatable bonds is 5. The van der Waals surface area contributed by atoms with Crippen LogP contribution in [0.5, 0.6) is 0 Å². The van der Waals surface area contributed by atoms with E-state index in [4.69, 9.17) is 0 Å². The molecule has 0 heterocycles. The van der Waals surface area contributed by atoms with Gasteiger partial charge in [0.2, 0.25) is 0 Å². The zero-order valence-electron chi connectivity index (χ0n) is 12.4. The van der Waals surface area contributed by atoms with Gasteiger partial charge in [-0.15, -0.1) is 24.0 Å². The summed E-state index contributed by atoms with van der Waals surface area (Å²) in [5, 5.41) is 6.92. The molecule has 116 valence electrons. The molecule has 2 fully saturated rings. The number of hydrogen-bond donors (Lipinski definition) is 2. The van der Waals surface area contributed by atoms with Crippen molar-refractivity contribution in [2.24, 2.45) is 10.9 Å². The highest BCUT2D eigenvalue weighted by Gasteiger charge is 2.45. The summed E-state index contributed by atoms with van der Waals surface area (Å²) >= 11 is 3.68. The maximum Gasteiger partial charge on any atom is 0.191 e. The van der Waals surface area contributed by atoms with Crippen molar-refractivity contribution in [2.45, 2.75) is 31.1 Å². The van der Waals surface area contributed by atoms with Crippen LogP contribution in [-0.4, -0.2) is 26.1 Å². The fourth-order valence-corrected chi connectivity index (χ4v) is 3.33. The van der Waals surface area contributed by atoms with Crippen LogP contribution in [-0.2, 0) is 5.41 Å². The molecular weight excluding hydrogens is 441 g/mol. The van der Waals surface area contributed by atoms with E-state index in [-0.39, 0.29) is 29.4 Å². The summed E-state index contributed by atoms with van der Waals surface area (Å²) in [6, 6.07) is 8.57. The Labute approximate surface area is 152 Å². The van der Waals surface area contributed by atoms with Crippen molar-refractivity contribution in [1.29, 1.82) is 0 Å². The lowest BCUT2D eigenvalue weighted by Crippen LogP contribution is -2.42. The molecule has 0 aromatic heterocycles. The first-order valence-electron chi connectivity index (χ1n) is 7.43. The predicted octanol–water partition coefficient (Wildman–Crippen LogP) is 3.67. The molecule has 1 aromatic carbocycles. The zero-order valence-corrected chi connectivity index (χ0v) is 16.3. The number of hydrogen-bond acceptors (Lipinski definition) is 1. The van der Waals surface area contributed by atoms with E-state index in [1.807, 2.05) is 7.05 Å². The van der Waals surface area contributed by atoms with Crippen LogP contribution in [0.3, 0.4) is 0 Å². The second-order valence-electron chi connectivity index (χ2n) is 6.01. The Morgan fingerprint density at radius 1 is 1.29 bits per heavy atom. The second kappa shape index (κ2) is 7.31. The van der Waals surface area contributed by atoms with Gasteiger partial charge < -0.3 is 10.6 Å². The van der Waals surface area contributed by atoms with Crippen LogP contribution < -0.4 is 10.6 Å². The number of nitrogens with one attached hydrogen (secondary N) is 2. The minimum absolute atomic E-state index is 0. The van der Waals surface area contributed by atoms with E-state index in [9.17, 15) is 0 Å². The van der Waals surface area contributed by atoms with Gasteiger partial charge in [-0.25, -0.2) is 0 Å². The summed E-state index contributed by atoms with van der Waals surface area (Å²) in [6.07, 6.45) is 5.24. The highest BCUT2D eigenvalue weighted by molar-refractivity contribution is 14.0. The van der Waals surface area contributed by atoms with E-state index < -0.39 is 0 Å². The SMILES string of the molecule is CN=C(NCC1CC1)NCC1(c2ccccc2Br)CC1.I. The molecule has 21 heavy (non-hydrogen) atoms. The van der Waals surface area contributed by atoms with E-state index in [2.05, 4.69) is 55.8 Å². The molecule has 0 saturated heterocycles. The fourth-order valence-electron chi connectivity index (χ4n) is 2.62. The lowest BCUT2D eigenvalue weighted by Gasteiger charge is -2.20. The van der Waals surface area contributed by atoms with Gasteiger partial charge in [-0.1, -0.05) is 34.1 Å². The molecule has 0 bridgehead atoms. The average molecular weight is 464 g/mol. The summed E-state index contributed by atoms with van der Waals surface area (Å²) in [7, 11) is 1.85. The molecule has 2 aliphatic carbocycles. The standard InChI is InChI=1S/C16H22BrN3.HI/c1-18-15(19-10-12-6-7-12)20-11-16(8-9-16)13-4-2-3-5-14(13)17;/h2-5,12H,6-11H2,1H3,(H2,18,19,20);1H. The number of nitrogens with zero attached hydrogens (tertiary/aromatic N) is 1. The Kier molecular flexibility index (Phi) is 5.94. The summed E-state index contributed by atoms with van der Waals surface area (Å²) in [6.45, 7) is 2.02. The quantitative estimate of drug-likeness (QED) is 0.397. The number of aliphatic imine (C=N–C) groups is 1.